The maximum absolute atomic E-state index is 13.5. The van der Waals surface area contributed by atoms with Crippen LogP contribution >= 0.6 is 34.8 Å². The zero-order valence-corrected chi connectivity index (χ0v) is 19.3. The van der Waals surface area contributed by atoms with E-state index in [0.717, 1.165) is 0 Å². The Kier molecular flexibility index (Phi) is 8.09. The largest absolute Gasteiger partial charge is 0.383 e. The number of nitrogens with zero attached hydrogens (tertiary/aromatic N) is 3. The van der Waals surface area contributed by atoms with Crippen molar-refractivity contribution in [3.8, 4) is 0 Å². The van der Waals surface area contributed by atoms with Crippen LogP contribution in [0, 0.1) is 5.82 Å². The Hall–Kier alpha value is -2.65. The first-order valence-electron chi connectivity index (χ1n) is 9.38. The van der Waals surface area contributed by atoms with Gasteiger partial charge in [0.15, 0.2) is 0 Å². The summed E-state index contributed by atoms with van der Waals surface area (Å²) in [6.45, 7) is 2.33. The number of benzene rings is 2. The molecule has 2 amide bonds. The summed E-state index contributed by atoms with van der Waals surface area (Å²) in [4.78, 5) is 23.1. The number of carbonyl (C=O) groups excluding carboxylic acids is 1. The fourth-order valence-electron chi connectivity index (χ4n) is 2.82. The van der Waals surface area contributed by atoms with Crippen LogP contribution in [0.4, 0.5) is 32.3 Å². The Morgan fingerprint density at radius 3 is 2.59 bits per heavy atom. The van der Waals surface area contributed by atoms with Crippen molar-refractivity contribution in [2.75, 3.05) is 29.3 Å². The number of ether oxygens (including phenoxy) is 1. The molecular formula is C21H19Cl3FN5O2. The Bertz CT molecular complexity index is 1100. The van der Waals surface area contributed by atoms with Crippen LogP contribution in [0.5, 0.6) is 0 Å². The molecule has 1 atom stereocenters. The van der Waals surface area contributed by atoms with Crippen LogP contribution < -0.4 is 15.5 Å². The third-order valence-electron chi connectivity index (χ3n) is 4.18. The van der Waals surface area contributed by atoms with Crippen molar-refractivity contribution in [2.45, 2.75) is 13.0 Å². The number of urea groups is 1. The molecule has 0 bridgehead atoms. The molecule has 11 heteroatoms. The minimum atomic E-state index is -0.619. The SMILES string of the molecule is COC[C@H](C)Nc1nccc(N(C(=O)Nc2cc(Cl)cc(Cl)c2Cl)c2ccc(F)cc2)n1. The van der Waals surface area contributed by atoms with E-state index in [4.69, 9.17) is 39.5 Å². The Morgan fingerprint density at radius 2 is 1.91 bits per heavy atom. The van der Waals surface area contributed by atoms with Gasteiger partial charge >= 0.3 is 6.03 Å². The molecule has 2 N–H and O–H groups in total. The van der Waals surface area contributed by atoms with E-state index in [0.29, 0.717) is 17.3 Å². The van der Waals surface area contributed by atoms with Gasteiger partial charge < -0.3 is 15.4 Å². The highest BCUT2D eigenvalue weighted by molar-refractivity contribution is 6.45. The minimum Gasteiger partial charge on any atom is -0.383 e. The van der Waals surface area contributed by atoms with E-state index in [-0.39, 0.29) is 33.5 Å². The summed E-state index contributed by atoms with van der Waals surface area (Å²) in [5.74, 6) is 0.0773. The summed E-state index contributed by atoms with van der Waals surface area (Å²) < 4.78 is 18.6. The number of carbonyl (C=O) groups is 1. The number of halogens is 4. The highest BCUT2D eigenvalue weighted by atomic mass is 35.5. The molecule has 7 nitrogen and oxygen atoms in total. The van der Waals surface area contributed by atoms with Crippen LogP contribution in [0.2, 0.25) is 15.1 Å². The molecule has 0 aliphatic rings. The lowest BCUT2D eigenvalue weighted by Gasteiger charge is -2.23. The molecule has 2 aromatic carbocycles. The van der Waals surface area contributed by atoms with Gasteiger partial charge in [0.25, 0.3) is 0 Å². The van der Waals surface area contributed by atoms with Crippen LogP contribution in [-0.2, 0) is 4.74 Å². The molecule has 0 saturated carbocycles. The summed E-state index contributed by atoms with van der Waals surface area (Å²) in [5, 5.41) is 6.37. The lowest BCUT2D eigenvalue weighted by molar-refractivity contribution is 0.190. The molecule has 168 valence electrons. The fraction of sp³-hybridized carbons (Fsp3) is 0.190. The molecule has 1 aromatic heterocycles. The van der Waals surface area contributed by atoms with E-state index in [2.05, 4.69) is 20.6 Å². The molecule has 0 aliphatic carbocycles. The number of hydrogen-bond donors (Lipinski definition) is 2. The predicted molar refractivity (Wildman–Crippen MR) is 126 cm³/mol. The van der Waals surface area contributed by atoms with Crippen LogP contribution in [0.1, 0.15) is 6.92 Å². The van der Waals surface area contributed by atoms with Crippen LogP contribution in [0.3, 0.4) is 0 Å². The third kappa shape index (κ3) is 5.98. The van der Waals surface area contributed by atoms with Crippen LogP contribution in [0.25, 0.3) is 0 Å². The summed E-state index contributed by atoms with van der Waals surface area (Å²) >= 11 is 18.3. The average molecular weight is 499 g/mol. The number of methoxy groups -OCH3 is 1. The number of aromatic nitrogens is 2. The first kappa shape index (κ1) is 24.0. The summed E-state index contributed by atoms with van der Waals surface area (Å²) in [6.07, 6.45) is 1.50. The van der Waals surface area contributed by atoms with E-state index in [1.165, 1.54) is 47.5 Å². The van der Waals surface area contributed by atoms with Crippen molar-refractivity contribution in [2.24, 2.45) is 0 Å². The molecule has 3 aromatic rings. The van der Waals surface area contributed by atoms with Gasteiger partial charge in [0.2, 0.25) is 5.95 Å². The lowest BCUT2D eigenvalue weighted by Crippen LogP contribution is -2.32. The molecule has 3 rings (SSSR count). The number of anilines is 4. The molecule has 0 unspecified atom stereocenters. The summed E-state index contributed by atoms with van der Waals surface area (Å²) in [5.41, 5.74) is 0.574. The van der Waals surface area contributed by atoms with E-state index in [9.17, 15) is 9.18 Å². The zero-order chi connectivity index (χ0) is 23.3. The van der Waals surface area contributed by atoms with E-state index >= 15 is 0 Å². The van der Waals surface area contributed by atoms with Crippen LogP contribution in [-0.4, -0.2) is 35.8 Å². The van der Waals surface area contributed by atoms with E-state index in [1.807, 2.05) is 6.92 Å². The van der Waals surface area contributed by atoms with Gasteiger partial charge in [-0.15, -0.1) is 0 Å². The van der Waals surface area contributed by atoms with Gasteiger partial charge in [-0.05, 0) is 43.3 Å². The smallest absolute Gasteiger partial charge is 0.332 e. The first-order valence-corrected chi connectivity index (χ1v) is 10.5. The summed E-state index contributed by atoms with van der Waals surface area (Å²) in [6, 6.07) is 9.15. The highest BCUT2D eigenvalue weighted by Gasteiger charge is 2.22. The van der Waals surface area contributed by atoms with Gasteiger partial charge in [0.1, 0.15) is 11.6 Å². The first-order chi connectivity index (χ1) is 15.3. The monoisotopic (exact) mass is 497 g/mol. The predicted octanol–water partition coefficient (Wildman–Crippen LogP) is 6.39. The van der Waals surface area contributed by atoms with Crippen molar-refractivity contribution in [3.05, 3.63) is 69.5 Å². The maximum atomic E-state index is 13.5. The van der Waals surface area contributed by atoms with Gasteiger partial charge in [0, 0.05) is 30.4 Å². The van der Waals surface area contributed by atoms with Crippen molar-refractivity contribution in [1.29, 1.82) is 0 Å². The second-order valence-electron chi connectivity index (χ2n) is 6.73. The normalized spacial score (nSPS) is 11.7. The minimum absolute atomic E-state index is 0.0734. The molecule has 0 saturated heterocycles. The lowest BCUT2D eigenvalue weighted by atomic mass is 10.2. The molecule has 0 aliphatic heterocycles. The average Bonchev–Trinajstić information content (AvgIpc) is 2.74. The van der Waals surface area contributed by atoms with E-state index < -0.39 is 11.8 Å². The van der Waals surface area contributed by atoms with Gasteiger partial charge in [-0.25, -0.2) is 19.1 Å². The quantitative estimate of drug-likeness (QED) is 0.369. The molecule has 0 radical (unpaired) electrons. The second-order valence-corrected chi connectivity index (χ2v) is 7.95. The van der Waals surface area contributed by atoms with Gasteiger partial charge in [-0.3, -0.25) is 0 Å². The standard InChI is InChI=1S/C21H19Cl3FN5O2/c1-12(11-32-2)27-20-26-8-7-18(29-20)30(15-5-3-14(25)4-6-15)21(31)28-17-10-13(22)9-16(23)19(17)24/h3-10,12H,11H2,1-2H3,(H,28,31)(H,26,27,29)/t12-/m0/s1. The molecule has 1 heterocycles. The molecule has 0 spiro atoms. The topological polar surface area (TPSA) is 79.4 Å². The van der Waals surface area contributed by atoms with Crippen molar-refractivity contribution >= 4 is 64.0 Å². The van der Waals surface area contributed by atoms with Crippen molar-refractivity contribution < 1.29 is 13.9 Å². The number of nitrogens with one attached hydrogen (secondary N) is 2. The van der Waals surface area contributed by atoms with Crippen molar-refractivity contribution in [1.82, 2.24) is 9.97 Å². The molecular weight excluding hydrogens is 480 g/mol. The summed E-state index contributed by atoms with van der Waals surface area (Å²) in [7, 11) is 1.59. The highest BCUT2D eigenvalue weighted by Crippen LogP contribution is 2.34. The Morgan fingerprint density at radius 1 is 1.19 bits per heavy atom. The number of rotatable bonds is 7. The van der Waals surface area contributed by atoms with Crippen LogP contribution in [0.15, 0.2) is 48.7 Å². The van der Waals surface area contributed by atoms with Gasteiger partial charge in [0.05, 0.1) is 28.0 Å². The zero-order valence-electron chi connectivity index (χ0n) is 17.1. The second kappa shape index (κ2) is 10.8. The Labute approximate surface area is 199 Å². The number of hydrogen-bond acceptors (Lipinski definition) is 5. The number of amides is 2. The molecule has 0 fully saturated rings. The Balaban J connectivity index is 1.98. The van der Waals surface area contributed by atoms with Crippen molar-refractivity contribution in [3.63, 3.8) is 0 Å². The maximum Gasteiger partial charge on any atom is 0.332 e. The van der Waals surface area contributed by atoms with E-state index in [1.54, 1.807) is 13.2 Å². The van der Waals surface area contributed by atoms with Gasteiger partial charge in [-0.2, -0.15) is 4.98 Å². The third-order valence-corrected chi connectivity index (χ3v) is 5.20. The fourth-order valence-corrected chi connectivity index (χ4v) is 3.47. The molecule has 32 heavy (non-hydrogen) atoms. The van der Waals surface area contributed by atoms with Gasteiger partial charge in [-0.1, -0.05) is 34.8 Å².